The smallest absolute Gasteiger partial charge is 0.406 e. The number of aryl methyl sites for hydroxylation is 2. The summed E-state index contributed by atoms with van der Waals surface area (Å²) >= 11 is 0. The van der Waals surface area contributed by atoms with Crippen molar-refractivity contribution in [2.45, 2.75) is 32.5 Å². The van der Waals surface area contributed by atoms with Crippen LogP contribution in [-0.4, -0.2) is 28.6 Å². The van der Waals surface area contributed by atoms with Crippen molar-refractivity contribution in [3.05, 3.63) is 77.6 Å². The second-order valence-corrected chi connectivity index (χ2v) is 6.84. The third kappa shape index (κ3) is 6.37. The first-order valence-electron chi connectivity index (χ1n) is 9.52. The van der Waals surface area contributed by atoms with E-state index in [1.165, 1.54) is 24.3 Å². The number of nitrogens with one attached hydrogen (secondary N) is 1. The standard InChI is InChI=1S/C22H22F3N3O2/c1-16-18(15-28(27-16)19-7-3-2-4-8-19)6-5-13-26-21(29)14-17-9-11-20(12-10-17)30-22(23,24)25/h2-4,7-12,15H,5-6,13-14H2,1H3,(H,26,29). The maximum Gasteiger partial charge on any atom is 0.573 e. The van der Waals surface area contributed by atoms with Gasteiger partial charge in [0.05, 0.1) is 17.8 Å². The summed E-state index contributed by atoms with van der Waals surface area (Å²) in [7, 11) is 0. The quantitative estimate of drug-likeness (QED) is 0.554. The number of carbonyl (C=O) groups is 1. The van der Waals surface area contributed by atoms with Crippen molar-refractivity contribution in [1.82, 2.24) is 15.1 Å². The van der Waals surface area contributed by atoms with E-state index in [0.717, 1.165) is 29.8 Å². The number of alkyl halides is 3. The third-order valence-corrected chi connectivity index (χ3v) is 4.49. The van der Waals surface area contributed by atoms with E-state index < -0.39 is 6.36 Å². The average Bonchev–Trinajstić information content (AvgIpc) is 3.07. The van der Waals surface area contributed by atoms with Crippen molar-refractivity contribution in [1.29, 1.82) is 0 Å². The molecule has 8 heteroatoms. The normalized spacial score (nSPS) is 11.3. The summed E-state index contributed by atoms with van der Waals surface area (Å²) in [5, 5.41) is 7.36. The number of para-hydroxylation sites is 1. The van der Waals surface area contributed by atoms with Gasteiger partial charge in [0.25, 0.3) is 0 Å². The Hall–Kier alpha value is -3.29. The van der Waals surface area contributed by atoms with Crippen LogP contribution in [0.15, 0.2) is 60.8 Å². The van der Waals surface area contributed by atoms with Crippen LogP contribution in [0.25, 0.3) is 5.69 Å². The average molecular weight is 417 g/mol. The van der Waals surface area contributed by atoms with E-state index in [1.807, 2.05) is 48.1 Å². The molecule has 0 bridgehead atoms. The van der Waals surface area contributed by atoms with Crippen molar-refractivity contribution >= 4 is 5.91 Å². The van der Waals surface area contributed by atoms with Gasteiger partial charge >= 0.3 is 6.36 Å². The topological polar surface area (TPSA) is 56.2 Å². The van der Waals surface area contributed by atoms with Crippen LogP contribution >= 0.6 is 0 Å². The van der Waals surface area contributed by atoms with Gasteiger partial charge in [-0.1, -0.05) is 30.3 Å². The molecular weight excluding hydrogens is 395 g/mol. The van der Waals surface area contributed by atoms with E-state index >= 15 is 0 Å². The lowest BCUT2D eigenvalue weighted by atomic mass is 10.1. The summed E-state index contributed by atoms with van der Waals surface area (Å²) in [6.45, 7) is 2.46. The number of aromatic nitrogens is 2. The Bertz CT molecular complexity index is 968. The second-order valence-electron chi connectivity index (χ2n) is 6.84. The predicted molar refractivity (Wildman–Crippen MR) is 106 cm³/mol. The van der Waals surface area contributed by atoms with Crippen LogP contribution in [0.4, 0.5) is 13.2 Å². The van der Waals surface area contributed by atoms with Gasteiger partial charge in [-0.05, 0) is 55.2 Å². The zero-order chi connectivity index (χ0) is 21.6. The molecule has 2 aromatic carbocycles. The molecule has 1 amide bonds. The molecule has 0 spiro atoms. The molecule has 1 N–H and O–H groups in total. The number of hydrogen-bond acceptors (Lipinski definition) is 3. The third-order valence-electron chi connectivity index (χ3n) is 4.49. The fourth-order valence-electron chi connectivity index (χ4n) is 3.02. The maximum absolute atomic E-state index is 12.2. The summed E-state index contributed by atoms with van der Waals surface area (Å²) in [5.74, 6) is -0.491. The molecule has 0 aliphatic carbocycles. The van der Waals surface area contributed by atoms with Crippen LogP contribution in [-0.2, 0) is 17.6 Å². The van der Waals surface area contributed by atoms with Crippen LogP contribution in [0.5, 0.6) is 5.75 Å². The van der Waals surface area contributed by atoms with Crippen molar-refractivity contribution in [2.24, 2.45) is 0 Å². The zero-order valence-corrected chi connectivity index (χ0v) is 16.4. The van der Waals surface area contributed by atoms with Gasteiger partial charge in [-0.2, -0.15) is 5.10 Å². The van der Waals surface area contributed by atoms with Crippen molar-refractivity contribution in [3.8, 4) is 11.4 Å². The van der Waals surface area contributed by atoms with E-state index in [9.17, 15) is 18.0 Å². The lowest BCUT2D eigenvalue weighted by Gasteiger charge is -2.09. The van der Waals surface area contributed by atoms with Gasteiger partial charge in [-0.3, -0.25) is 4.79 Å². The summed E-state index contributed by atoms with van der Waals surface area (Å²) < 4.78 is 42.2. The molecule has 158 valence electrons. The van der Waals surface area contributed by atoms with Crippen molar-refractivity contribution in [3.63, 3.8) is 0 Å². The van der Waals surface area contributed by atoms with Crippen molar-refractivity contribution < 1.29 is 22.7 Å². The molecule has 3 rings (SSSR count). The number of ether oxygens (including phenoxy) is 1. The van der Waals surface area contributed by atoms with E-state index in [1.54, 1.807) is 0 Å². The summed E-state index contributed by atoms with van der Waals surface area (Å²) in [4.78, 5) is 12.1. The van der Waals surface area contributed by atoms with Gasteiger partial charge in [0.2, 0.25) is 5.91 Å². The molecule has 0 aliphatic rings. The van der Waals surface area contributed by atoms with E-state index in [4.69, 9.17) is 0 Å². The molecule has 1 heterocycles. The minimum Gasteiger partial charge on any atom is -0.406 e. The van der Waals surface area contributed by atoms with E-state index in [0.29, 0.717) is 12.1 Å². The van der Waals surface area contributed by atoms with E-state index in [2.05, 4.69) is 15.2 Å². The molecule has 3 aromatic rings. The Kier molecular flexibility index (Phi) is 6.76. The lowest BCUT2D eigenvalue weighted by molar-refractivity contribution is -0.274. The molecule has 0 atom stereocenters. The first kappa shape index (κ1) is 21.4. The fraction of sp³-hybridized carbons (Fsp3) is 0.273. The van der Waals surface area contributed by atoms with Crippen LogP contribution in [0, 0.1) is 6.92 Å². The van der Waals surface area contributed by atoms with Crippen LogP contribution in [0.2, 0.25) is 0 Å². The number of benzene rings is 2. The molecule has 5 nitrogen and oxygen atoms in total. The van der Waals surface area contributed by atoms with Gasteiger partial charge < -0.3 is 10.1 Å². The highest BCUT2D eigenvalue weighted by Gasteiger charge is 2.30. The Morgan fingerprint density at radius 1 is 1.10 bits per heavy atom. The number of carbonyl (C=O) groups excluding carboxylic acids is 1. The fourth-order valence-corrected chi connectivity index (χ4v) is 3.02. The highest BCUT2D eigenvalue weighted by Crippen LogP contribution is 2.22. The molecular formula is C22H22F3N3O2. The van der Waals surface area contributed by atoms with Gasteiger partial charge in [-0.25, -0.2) is 4.68 Å². The molecule has 0 radical (unpaired) electrons. The molecule has 1 aromatic heterocycles. The summed E-state index contributed by atoms with van der Waals surface area (Å²) in [6.07, 6.45) is -1.10. The molecule has 0 unspecified atom stereocenters. The molecule has 0 saturated heterocycles. The molecule has 0 saturated carbocycles. The lowest BCUT2D eigenvalue weighted by Crippen LogP contribution is -2.26. The SMILES string of the molecule is Cc1nn(-c2ccccc2)cc1CCCNC(=O)Cc1ccc(OC(F)(F)F)cc1. The number of rotatable bonds is 8. The minimum atomic E-state index is -4.73. The van der Waals surface area contributed by atoms with Crippen LogP contribution < -0.4 is 10.1 Å². The Morgan fingerprint density at radius 3 is 2.47 bits per heavy atom. The highest BCUT2D eigenvalue weighted by atomic mass is 19.4. The van der Waals surface area contributed by atoms with Crippen molar-refractivity contribution in [2.75, 3.05) is 6.54 Å². The summed E-state index contributed by atoms with van der Waals surface area (Å²) in [5.41, 5.74) is 3.67. The maximum atomic E-state index is 12.2. The van der Waals surface area contributed by atoms with Gasteiger partial charge in [-0.15, -0.1) is 13.2 Å². The Balaban J connectivity index is 1.42. The van der Waals surface area contributed by atoms with Crippen LogP contribution in [0.3, 0.4) is 0 Å². The monoisotopic (exact) mass is 417 g/mol. The molecule has 0 aliphatic heterocycles. The molecule has 0 fully saturated rings. The Labute approximate surface area is 172 Å². The van der Waals surface area contributed by atoms with Crippen LogP contribution in [0.1, 0.15) is 23.2 Å². The zero-order valence-electron chi connectivity index (χ0n) is 16.4. The number of amides is 1. The molecule has 30 heavy (non-hydrogen) atoms. The summed E-state index contributed by atoms with van der Waals surface area (Å²) in [6, 6.07) is 15.1. The first-order chi connectivity index (χ1) is 14.3. The largest absolute Gasteiger partial charge is 0.573 e. The van der Waals surface area contributed by atoms with Gasteiger partial charge in [0, 0.05) is 12.7 Å². The predicted octanol–water partition coefficient (Wildman–Crippen LogP) is 4.37. The number of hydrogen-bond donors (Lipinski definition) is 1. The van der Waals surface area contributed by atoms with Gasteiger partial charge in [0.15, 0.2) is 0 Å². The van der Waals surface area contributed by atoms with E-state index in [-0.39, 0.29) is 18.1 Å². The number of halogens is 3. The first-order valence-corrected chi connectivity index (χ1v) is 9.52. The minimum absolute atomic E-state index is 0.0945. The highest BCUT2D eigenvalue weighted by molar-refractivity contribution is 5.78. The van der Waals surface area contributed by atoms with Gasteiger partial charge in [0.1, 0.15) is 5.75 Å². The number of nitrogens with zero attached hydrogens (tertiary/aromatic N) is 2. The Morgan fingerprint density at radius 2 is 1.80 bits per heavy atom. The second kappa shape index (κ2) is 9.47.